The van der Waals surface area contributed by atoms with Gasteiger partial charge in [-0.25, -0.2) is 0 Å². The topological polar surface area (TPSA) is 46.3 Å². The largest absolute Gasteiger partial charge is 0.326 e. The third-order valence-electron chi connectivity index (χ3n) is 5.19. The Morgan fingerprint density at radius 3 is 2.72 bits per heavy atom. The number of rotatable bonds is 10. The van der Waals surface area contributed by atoms with Crippen molar-refractivity contribution in [3.8, 4) is 0 Å². The van der Waals surface area contributed by atoms with E-state index in [1.54, 1.807) is 0 Å². The molecule has 3 heteroatoms. The van der Waals surface area contributed by atoms with Crippen LogP contribution in [0.15, 0.2) is 36.4 Å². The van der Waals surface area contributed by atoms with Crippen molar-refractivity contribution in [2.45, 2.75) is 45.6 Å². The number of fused-ring (bicyclic) bond motifs is 1. The predicted molar refractivity (Wildman–Crippen MR) is 105 cm³/mol. The highest BCUT2D eigenvalue weighted by Gasteiger charge is 2.24. The maximum atomic E-state index is 12.8. The quantitative estimate of drug-likeness (QED) is 0.654. The summed E-state index contributed by atoms with van der Waals surface area (Å²) in [5.74, 6) is 1.11. The Labute approximate surface area is 151 Å². The lowest BCUT2D eigenvalue weighted by Crippen LogP contribution is -2.29. The molecule has 134 valence electrons. The number of nitrogens with two attached hydrogens (primary N) is 1. The van der Waals surface area contributed by atoms with Crippen LogP contribution in [0.1, 0.15) is 54.9 Å². The molecule has 0 aliphatic heterocycles. The molecule has 3 nitrogen and oxygen atoms in total. The smallest absolute Gasteiger partial charge is 0.164 e. The van der Waals surface area contributed by atoms with E-state index in [1.165, 1.54) is 32.2 Å². The molecule has 1 aliphatic carbocycles. The van der Waals surface area contributed by atoms with Crippen molar-refractivity contribution < 1.29 is 4.79 Å². The lowest BCUT2D eigenvalue weighted by molar-refractivity contribution is 0.0962. The average molecular weight is 338 g/mol. The van der Waals surface area contributed by atoms with Gasteiger partial charge < -0.3 is 10.6 Å². The molecule has 0 aromatic heterocycles. The van der Waals surface area contributed by atoms with Gasteiger partial charge in [0.1, 0.15) is 0 Å². The van der Waals surface area contributed by atoms with Crippen molar-refractivity contribution in [3.05, 3.63) is 47.5 Å². The molecule has 1 aliphatic rings. The summed E-state index contributed by atoms with van der Waals surface area (Å²) in [6, 6.07) is 12.2. The van der Waals surface area contributed by atoms with Gasteiger partial charge in [0.15, 0.2) is 5.78 Å². The van der Waals surface area contributed by atoms with E-state index in [4.69, 9.17) is 5.73 Å². The van der Waals surface area contributed by atoms with Crippen molar-refractivity contribution in [3.63, 3.8) is 0 Å². The van der Waals surface area contributed by atoms with Gasteiger partial charge in [0.05, 0.1) is 0 Å². The van der Waals surface area contributed by atoms with E-state index in [0.717, 1.165) is 40.9 Å². The number of carbonyl (C=O) groups is 1. The van der Waals surface area contributed by atoms with E-state index in [-0.39, 0.29) is 5.78 Å². The lowest BCUT2D eigenvalue weighted by atomic mass is 9.98. The summed E-state index contributed by atoms with van der Waals surface area (Å²) in [6.07, 6.45) is 5.74. The van der Waals surface area contributed by atoms with Gasteiger partial charge in [0.25, 0.3) is 0 Å². The van der Waals surface area contributed by atoms with Crippen LogP contribution in [0, 0.1) is 5.92 Å². The van der Waals surface area contributed by atoms with Gasteiger partial charge in [-0.1, -0.05) is 37.6 Å². The fourth-order valence-corrected chi connectivity index (χ4v) is 3.47. The Morgan fingerprint density at radius 2 is 2.00 bits per heavy atom. The molecule has 2 aromatic rings. The van der Waals surface area contributed by atoms with Crippen molar-refractivity contribution in [1.29, 1.82) is 0 Å². The van der Waals surface area contributed by atoms with Crippen LogP contribution >= 0.6 is 0 Å². The molecule has 2 aromatic carbocycles. The minimum Gasteiger partial charge on any atom is -0.326 e. The van der Waals surface area contributed by atoms with Crippen molar-refractivity contribution in [2.24, 2.45) is 11.7 Å². The summed E-state index contributed by atoms with van der Waals surface area (Å²) in [7, 11) is 0. The highest BCUT2D eigenvalue weighted by atomic mass is 16.1. The van der Waals surface area contributed by atoms with Gasteiger partial charge >= 0.3 is 0 Å². The predicted octanol–water partition coefficient (Wildman–Crippen LogP) is 4.38. The fourth-order valence-electron chi connectivity index (χ4n) is 3.47. The zero-order valence-electron chi connectivity index (χ0n) is 15.3. The Kier molecular flexibility index (Phi) is 6.22. The normalized spacial score (nSPS) is 14.4. The third kappa shape index (κ3) is 4.90. The zero-order chi connectivity index (χ0) is 17.6. The third-order valence-corrected chi connectivity index (χ3v) is 5.19. The number of carbonyl (C=O) groups excluding carboxylic acids is 1. The first-order valence-electron chi connectivity index (χ1n) is 9.68. The van der Waals surface area contributed by atoms with Crippen molar-refractivity contribution in [1.82, 2.24) is 4.90 Å². The van der Waals surface area contributed by atoms with Crippen molar-refractivity contribution >= 4 is 16.6 Å². The molecule has 1 fully saturated rings. The van der Waals surface area contributed by atoms with E-state index in [9.17, 15) is 4.79 Å². The highest BCUT2D eigenvalue weighted by Crippen LogP contribution is 2.30. The summed E-state index contributed by atoms with van der Waals surface area (Å²) in [6.45, 7) is 5.85. The molecule has 0 bridgehead atoms. The summed E-state index contributed by atoms with van der Waals surface area (Å²) in [5.41, 5.74) is 7.77. The second-order valence-electron chi connectivity index (χ2n) is 7.33. The van der Waals surface area contributed by atoms with Gasteiger partial charge in [-0.15, -0.1) is 0 Å². The molecule has 0 atom stereocenters. The first kappa shape index (κ1) is 18.1. The Bertz CT molecular complexity index is 721. The number of hydrogen-bond acceptors (Lipinski definition) is 3. The molecule has 0 unspecified atom stereocenters. The number of nitrogens with zero attached hydrogens (tertiary/aromatic N) is 1. The Hall–Kier alpha value is -1.71. The molecule has 0 spiro atoms. The Morgan fingerprint density at radius 1 is 1.20 bits per heavy atom. The van der Waals surface area contributed by atoms with Gasteiger partial charge in [-0.05, 0) is 60.2 Å². The number of ketones is 1. The lowest BCUT2D eigenvalue weighted by Gasteiger charge is -2.21. The van der Waals surface area contributed by atoms with Gasteiger partial charge in [0.2, 0.25) is 0 Å². The fraction of sp³-hybridized carbons (Fsp3) is 0.500. The van der Waals surface area contributed by atoms with Crippen LogP contribution in [0.4, 0.5) is 0 Å². The van der Waals surface area contributed by atoms with Crippen LogP contribution in [0.3, 0.4) is 0 Å². The summed E-state index contributed by atoms with van der Waals surface area (Å²) in [4.78, 5) is 15.3. The standard InChI is InChI=1S/C22H30N2O/c1-2-3-11-24(16-17-8-9-17)12-10-22(25)19-13-18-6-4-5-7-21(18)20(14-19)15-23/h4-7,13-14,17H,2-3,8-12,15-16,23H2,1H3. The minimum absolute atomic E-state index is 0.234. The molecule has 25 heavy (non-hydrogen) atoms. The van der Waals surface area contributed by atoms with Crippen LogP contribution in [-0.2, 0) is 6.54 Å². The molecule has 0 amide bonds. The second-order valence-corrected chi connectivity index (χ2v) is 7.33. The first-order valence-corrected chi connectivity index (χ1v) is 9.68. The highest BCUT2D eigenvalue weighted by molar-refractivity contribution is 6.01. The summed E-state index contributed by atoms with van der Waals surface area (Å²) in [5, 5.41) is 2.26. The van der Waals surface area contributed by atoms with E-state index < -0.39 is 0 Å². The van der Waals surface area contributed by atoms with E-state index >= 15 is 0 Å². The molecule has 3 rings (SSSR count). The number of unbranched alkanes of at least 4 members (excludes halogenated alkanes) is 1. The first-order chi connectivity index (χ1) is 12.2. The average Bonchev–Trinajstić information content (AvgIpc) is 3.46. The van der Waals surface area contributed by atoms with Crippen LogP contribution in [0.25, 0.3) is 10.8 Å². The monoisotopic (exact) mass is 338 g/mol. The number of benzene rings is 2. The number of Topliss-reactive ketones (excluding diaryl/α,β-unsaturated/α-hetero) is 1. The Balaban J connectivity index is 1.68. The minimum atomic E-state index is 0.234. The van der Waals surface area contributed by atoms with E-state index in [2.05, 4.69) is 24.0 Å². The number of hydrogen-bond donors (Lipinski definition) is 1. The molecule has 0 heterocycles. The molecular weight excluding hydrogens is 308 g/mol. The van der Waals surface area contributed by atoms with Crippen LogP contribution < -0.4 is 5.73 Å². The molecule has 0 radical (unpaired) electrons. The molecule has 0 saturated heterocycles. The van der Waals surface area contributed by atoms with E-state index in [1.807, 2.05) is 24.3 Å². The zero-order valence-corrected chi connectivity index (χ0v) is 15.3. The van der Waals surface area contributed by atoms with E-state index in [0.29, 0.717) is 13.0 Å². The van der Waals surface area contributed by atoms with Gasteiger partial charge in [-0.2, -0.15) is 0 Å². The van der Waals surface area contributed by atoms with Crippen molar-refractivity contribution in [2.75, 3.05) is 19.6 Å². The maximum Gasteiger partial charge on any atom is 0.164 e. The van der Waals surface area contributed by atoms with Crippen LogP contribution in [0.5, 0.6) is 0 Å². The van der Waals surface area contributed by atoms with Crippen LogP contribution in [-0.4, -0.2) is 30.3 Å². The molecule has 2 N–H and O–H groups in total. The second kappa shape index (κ2) is 8.59. The van der Waals surface area contributed by atoms with Gasteiger partial charge in [-0.3, -0.25) is 4.79 Å². The van der Waals surface area contributed by atoms with Gasteiger partial charge in [0, 0.05) is 31.6 Å². The molecular formula is C22H30N2O. The SMILES string of the molecule is CCCCN(CCC(=O)c1cc(CN)c2ccccc2c1)CC1CC1. The summed E-state index contributed by atoms with van der Waals surface area (Å²) < 4.78 is 0. The summed E-state index contributed by atoms with van der Waals surface area (Å²) >= 11 is 0. The molecule has 1 saturated carbocycles. The van der Waals surface area contributed by atoms with Crippen LogP contribution in [0.2, 0.25) is 0 Å². The maximum absolute atomic E-state index is 12.8.